The average Bonchev–Trinajstić information content (AvgIpc) is 3.20. The molecule has 0 aliphatic rings. The number of amides is 1. The van der Waals surface area contributed by atoms with Gasteiger partial charge in [0.25, 0.3) is 11.5 Å². The van der Waals surface area contributed by atoms with Crippen LogP contribution in [0.2, 0.25) is 0 Å². The van der Waals surface area contributed by atoms with Gasteiger partial charge in [0.15, 0.2) is 5.65 Å². The Kier molecular flexibility index (Phi) is 5.59. The summed E-state index contributed by atoms with van der Waals surface area (Å²) in [4.78, 5) is 36.3. The van der Waals surface area contributed by atoms with E-state index in [1.54, 1.807) is 49.8 Å². The van der Waals surface area contributed by atoms with Gasteiger partial charge in [-0.1, -0.05) is 30.2 Å². The maximum Gasteiger partial charge on any atom is 0.267 e. The third-order valence-electron chi connectivity index (χ3n) is 5.73. The summed E-state index contributed by atoms with van der Waals surface area (Å²) in [5, 5.41) is 7.80. The highest BCUT2D eigenvalue weighted by molar-refractivity contribution is 6.01. The highest BCUT2D eigenvalue weighted by Gasteiger charge is 2.24. The smallest absolute Gasteiger partial charge is 0.267 e. The van der Waals surface area contributed by atoms with Crippen LogP contribution in [0, 0.1) is 18.8 Å². The molecule has 0 spiro atoms. The molecule has 172 valence electrons. The van der Waals surface area contributed by atoms with Crippen molar-refractivity contribution in [3.63, 3.8) is 0 Å². The van der Waals surface area contributed by atoms with Crippen molar-refractivity contribution in [2.75, 3.05) is 0 Å². The molecule has 0 fully saturated rings. The summed E-state index contributed by atoms with van der Waals surface area (Å²) in [7, 11) is 0. The van der Waals surface area contributed by atoms with Crippen molar-refractivity contribution >= 4 is 22.5 Å². The van der Waals surface area contributed by atoms with Crippen LogP contribution in [0.4, 0.5) is 0 Å². The molecule has 3 aromatic heterocycles. The zero-order valence-corrected chi connectivity index (χ0v) is 19.5. The topological polar surface area (TPSA) is 94.2 Å². The number of nitrogens with zero attached hydrogens (tertiary/aromatic N) is 5. The fourth-order valence-electron chi connectivity index (χ4n) is 4.20. The summed E-state index contributed by atoms with van der Waals surface area (Å²) in [5.41, 5.74) is 2.94. The first-order valence-electron chi connectivity index (χ1n) is 11.1. The largest absolute Gasteiger partial charge is 0.342 e. The van der Waals surface area contributed by atoms with Gasteiger partial charge in [0.2, 0.25) is 0 Å². The van der Waals surface area contributed by atoms with Gasteiger partial charge in [-0.25, -0.2) is 14.5 Å². The highest BCUT2D eigenvalue weighted by Crippen LogP contribution is 2.21. The molecule has 5 rings (SSSR count). The van der Waals surface area contributed by atoms with E-state index in [0.717, 1.165) is 0 Å². The minimum atomic E-state index is -0.598. The molecule has 5 aromatic rings. The zero-order chi connectivity index (χ0) is 24.5. The highest BCUT2D eigenvalue weighted by atomic mass is 16.2. The zero-order valence-electron chi connectivity index (χ0n) is 19.5. The maximum absolute atomic E-state index is 13.8. The van der Waals surface area contributed by atoms with Gasteiger partial charge in [0.1, 0.15) is 11.4 Å². The SMILES string of the molecule is CC#Cc1cccc2nc([C@@H](C)NC(=O)c3c(C)nn4cccnc34)n(-c3ccccc3)c(=O)c12. The third-order valence-corrected chi connectivity index (χ3v) is 5.73. The van der Waals surface area contributed by atoms with E-state index in [9.17, 15) is 9.59 Å². The molecule has 0 aliphatic heterocycles. The predicted molar refractivity (Wildman–Crippen MR) is 133 cm³/mol. The molecule has 0 aliphatic carbocycles. The number of hydrogen-bond acceptors (Lipinski definition) is 5. The first kappa shape index (κ1) is 22.0. The van der Waals surface area contributed by atoms with Crippen molar-refractivity contribution in [3.05, 3.63) is 100.0 Å². The minimum absolute atomic E-state index is 0.246. The van der Waals surface area contributed by atoms with E-state index >= 15 is 0 Å². The van der Waals surface area contributed by atoms with Gasteiger partial charge in [-0.05, 0) is 51.1 Å². The fourth-order valence-corrected chi connectivity index (χ4v) is 4.20. The number of benzene rings is 2. The van der Waals surface area contributed by atoms with Crippen LogP contribution in [0.1, 0.15) is 47.3 Å². The number of rotatable bonds is 4. The number of nitrogens with one attached hydrogen (secondary N) is 1. The number of carbonyl (C=O) groups is 1. The van der Waals surface area contributed by atoms with Gasteiger partial charge < -0.3 is 5.32 Å². The molecule has 1 atom stereocenters. The predicted octanol–water partition coefficient (Wildman–Crippen LogP) is 3.60. The normalized spacial score (nSPS) is 11.7. The van der Waals surface area contributed by atoms with Crippen LogP contribution < -0.4 is 10.9 Å². The molecular formula is C27H22N6O2. The maximum atomic E-state index is 13.8. The second-order valence-electron chi connectivity index (χ2n) is 8.06. The molecule has 0 saturated heterocycles. The van der Waals surface area contributed by atoms with Crippen molar-refractivity contribution in [2.45, 2.75) is 26.8 Å². The Morgan fingerprint density at radius 2 is 1.89 bits per heavy atom. The Morgan fingerprint density at radius 1 is 1.09 bits per heavy atom. The van der Waals surface area contributed by atoms with Crippen LogP contribution >= 0.6 is 0 Å². The second kappa shape index (κ2) is 8.88. The molecule has 0 unspecified atom stereocenters. The summed E-state index contributed by atoms with van der Waals surface area (Å²) in [6.07, 6.45) is 3.36. The number of fused-ring (bicyclic) bond motifs is 2. The quantitative estimate of drug-likeness (QED) is 0.412. The summed E-state index contributed by atoms with van der Waals surface area (Å²) in [6, 6.07) is 15.8. The van der Waals surface area contributed by atoms with Crippen molar-refractivity contribution in [1.82, 2.24) is 29.5 Å². The van der Waals surface area contributed by atoms with E-state index in [0.29, 0.717) is 44.9 Å². The van der Waals surface area contributed by atoms with Crippen molar-refractivity contribution in [1.29, 1.82) is 0 Å². The number of para-hydroxylation sites is 1. The molecule has 8 nitrogen and oxygen atoms in total. The second-order valence-corrected chi connectivity index (χ2v) is 8.06. The lowest BCUT2D eigenvalue weighted by Crippen LogP contribution is -2.33. The van der Waals surface area contributed by atoms with E-state index in [2.05, 4.69) is 27.2 Å². The molecule has 2 aromatic carbocycles. The lowest BCUT2D eigenvalue weighted by Gasteiger charge is -2.20. The van der Waals surface area contributed by atoms with Crippen molar-refractivity contribution in [3.8, 4) is 17.5 Å². The first-order chi connectivity index (χ1) is 17.0. The van der Waals surface area contributed by atoms with Crippen LogP contribution in [-0.2, 0) is 0 Å². The van der Waals surface area contributed by atoms with Crippen LogP contribution in [0.25, 0.3) is 22.2 Å². The Hall–Kier alpha value is -4.77. The number of aromatic nitrogens is 5. The Bertz CT molecular complexity index is 1710. The van der Waals surface area contributed by atoms with E-state index in [4.69, 9.17) is 4.98 Å². The van der Waals surface area contributed by atoms with Gasteiger partial charge in [-0.3, -0.25) is 14.2 Å². The summed E-state index contributed by atoms with van der Waals surface area (Å²) < 4.78 is 3.11. The molecule has 1 N–H and O–H groups in total. The average molecular weight is 463 g/mol. The van der Waals surface area contributed by atoms with Crippen molar-refractivity contribution < 1.29 is 4.79 Å². The van der Waals surface area contributed by atoms with Gasteiger partial charge >= 0.3 is 0 Å². The van der Waals surface area contributed by atoms with E-state index in [-0.39, 0.29) is 11.5 Å². The van der Waals surface area contributed by atoms with Crippen LogP contribution in [0.5, 0.6) is 0 Å². The van der Waals surface area contributed by atoms with E-state index < -0.39 is 6.04 Å². The molecule has 0 bridgehead atoms. The Balaban J connectivity index is 1.66. The lowest BCUT2D eigenvalue weighted by molar-refractivity contribution is 0.0938. The fraction of sp³-hybridized carbons (Fsp3) is 0.148. The standard InChI is InChI=1S/C27H22N6O2/c1-4-10-19-11-8-14-21-23(19)27(35)33(20-12-6-5-7-13-20)24(30-21)18(3)29-26(34)22-17(2)31-32-16-9-15-28-25(22)32/h5-9,11-16,18H,1-3H3,(H,29,34)/t18-/m1/s1. The van der Waals surface area contributed by atoms with Gasteiger partial charge in [-0.2, -0.15) is 5.10 Å². The number of carbonyl (C=O) groups excluding carboxylic acids is 1. The third kappa shape index (κ3) is 3.83. The lowest BCUT2D eigenvalue weighted by atomic mass is 10.1. The molecule has 8 heteroatoms. The summed E-state index contributed by atoms with van der Waals surface area (Å²) in [6.45, 7) is 5.29. The minimum Gasteiger partial charge on any atom is -0.342 e. The Morgan fingerprint density at radius 3 is 2.66 bits per heavy atom. The van der Waals surface area contributed by atoms with Gasteiger partial charge in [0, 0.05) is 18.0 Å². The molecule has 3 heterocycles. The molecule has 0 saturated carbocycles. The van der Waals surface area contributed by atoms with E-state index in [1.165, 1.54) is 4.57 Å². The Labute approximate surface area is 201 Å². The number of hydrogen-bond donors (Lipinski definition) is 1. The molecule has 0 radical (unpaired) electrons. The monoisotopic (exact) mass is 462 g/mol. The van der Waals surface area contributed by atoms with Gasteiger partial charge in [0.05, 0.1) is 28.3 Å². The molecular weight excluding hydrogens is 440 g/mol. The van der Waals surface area contributed by atoms with E-state index in [1.807, 2.05) is 42.5 Å². The van der Waals surface area contributed by atoms with Crippen LogP contribution in [0.15, 0.2) is 71.8 Å². The molecule has 1 amide bonds. The molecule has 35 heavy (non-hydrogen) atoms. The van der Waals surface area contributed by atoms with Crippen molar-refractivity contribution in [2.24, 2.45) is 0 Å². The first-order valence-corrected chi connectivity index (χ1v) is 11.1. The number of aryl methyl sites for hydroxylation is 1. The summed E-state index contributed by atoms with van der Waals surface area (Å²) >= 11 is 0. The van der Waals surface area contributed by atoms with Gasteiger partial charge in [-0.15, -0.1) is 5.92 Å². The van der Waals surface area contributed by atoms with Crippen LogP contribution in [-0.4, -0.2) is 30.1 Å². The summed E-state index contributed by atoms with van der Waals surface area (Å²) in [5.74, 6) is 5.93. The van der Waals surface area contributed by atoms with Crippen LogP contribution in [0.3, 0.4) is 0 Å².